The average Bonchev–Trinajstić information content (AvgIpc) is 2.91. The molecule has 2 heterocycles. The van der Waals surface area contributed by atoms with E-state index in [-0.39, 0.29) is 5.91 Å². The fourth-order valence-electron chi connectivity index (χ4n) is 1.84. The van der Waals surface area contributed by atoms with Crippen LogP contribution in [0.25, 0.3) is 5.82 Å². The lowest BCUT2D eigenvalue weighted by Gasteiger charge is -2.11. The average molecular weight is 287 g/mol. The molecule has 0 spiro atoms. The van der Waals surface area contributed by atoms with Crippen LogP contribution in [0.5, 0.6) is 0 Å². The van der Waals surface area contributed by atoms with Crippen molar-refractivity contribution in [3.63, 3.8) is 0 Å². The van der Waals surface area contributed by atoms with Gasteiger partial charge in [0.2, 0.25) is 5.91 Å². The molecule has 112 valence electrons. The van der Waals surface area contributed by atoms with Crippen LogP contribution in [0.2, 0.25) is 0 Å². The molecule has 2 rings (SSSR count). The number of nitrogens with zero attached hydrogens (tertiary/aromatic N) is 3. The summed E-state index contributed by atoms with van der Waals surface area (Å²) < 4.78 is 1.89. The second-order valence-corrected chi connectivity index (χ2v) is 4.99. The molecule has 0 radical (unpaired) electrons. The van der Waals surface area contributed by atoms with Crippen LogP contribution in [0, 0.1) is 6.92 Å². The minimum absolute atomic E-state index is 0.0661. The third kappa shape index (κ3) is 4.13. The molecule has 0 aromatic carbocycles. The van der Waals surface area contributed by atoms with Crippen LogP contribution in [0.1, 0.15) is 26.1 Å². The summed E-state index contributed by atoms with van der Waals surface area (Å²) in [5, 5.41) is 5.97. The van der Waals surface area contributed by atoms with Gasteiger partial charge in [0.05, 0.1) is 18.4 Å². The quantitative estimate of drug-likeness (QED) is 0.851. The first kappa shape index (κ1) is 15.2. The molecule has 0 bridgehead atoms. The molecule has 6 nitrogen and oxygen atoms in total. The topological polar surface area (TPSA) is 71.8 Å². The molecule has 0 saturated heterocycles. The summed E-state index contributed by atoms with van der Waals surface area (Å²) >= 11 is 0. The molecule has 1 atom stereocenters. The monoisotopic (exact) mass is 287 g/mol. The Hall–Kier alpha value is -2.21. The van der Waals surface area contributed by atoms with Crippen molar-refractivity contribution >= 4 is 11.6 Å². The summed E-state index contributed by atoms with van der Waals surface area (Å²) in [5.74, 6) is 1.58. The predicted molar refractivity (Wildman–Crippen MR) is 82.5 cm³/mol. The highest BCUT2D eigenvalue weighted by molar-refractivity contribution is 5.92. The summed E-state index contributed by atoms with van der Waals surface area (Å²) in [6.45, 7) is 6.35. The summed E-state index contributed by atoms with van der Waals surface area (Å²) in [5.41, 5.74) is 0.687. The normalized spacial score (nSPS) is 12.1. The number of hydrogen-bond acceptors (Lipinski definition) is 4. The number of anilines is 1. The van der Waals surface area contributed by atoms with Crippen molar-refractivity contribution in [3.05, 3.63) is 36.5 Å². The summed E-state index contributed by atoms with van der Waals surface area (Å²) in [6, 6.07) is 4.02. The Morgan fingerprint density at radius 3 is 2.76 bits per heavy atom. The molecule has 2 N–H and O–H groups in total. The van der Waals surface area contributed by atoms with E-state index in [1.165, 1.54) is 0 Å². The van der Waals surface area contributed by atoms with Gasteiger partial charge in [-0.15, -0.1) is 0 Å². The number of hydrogen-bond donors (Lipinski definition) is 2. The van der Waals surface area contributed by atoms with E-state index in [4.69, 9.17) is 0 Å². The molecule has 21 heavy (non-hydrogen) atoms. The van der Waals surface area contributed by atoms with Gasteiger partial charge in [0.1, 0.15) is 11.6 Å². The SMILES string of the molecule is CCC(C)NCC(=O)Nc1ccc(-n2ccnc2C)nc1. The van der Waals surface area contributed by atoms with Crippen molar-refractivity contribution in [2.24, 2.45) is 0 Å². The summed E-state index contributed by atoms with van der Waals surface area (Å²) in [4.78, 5) is 20.3. The molecular weight excluding hydrogens is 266 g/mol. The maximum atomic E-state index is 11.8. The molecule has 0 aliphatic carbocycles. The van der Waals surface area contributed by atoms with Gasteiger partial charge < -0.3 is 10.6 Å². The molecule has 0 aliphatic heterocycles. The van der Waals surface area contributed by atoms with Gasteiger partial charge in [0.15, 0.2) is 0 Å². The minimum atomic E-state index is -0.0661. The maximum Gasteiger partial charge on any atom is 0.238 e. The Bertz CT molecular complexity index is 590. The second kappa shape index (κ2) is 6.99. The number of carbonyl (C=O) groups is 1. The Balaban J connectivity index is 1.94. The molecule has 0 fully saturated rings. The zero-order valence-corrected chi connectivity index (χ0v) is 12.6. The zero-order valence-electron chi connectivity index (χ0n) is 12.6. The van der Waals surface area contributed by atoms with Gasteiger partial charge >= 0.3 is 0 Å². The van der Waals surface area contributed by atoms with Crippen molar-refractivity contribution in [1.82, 2.24) is 19.9 Å². The van der Waals surface area contributed by atoms with Gasteiger partial charge in [-0.3, -0.25) is 9.36 Å². The van der Waals surface area contributed by atoms with Gasteiger partial charge in [-0.05, 0) is 32.4 Å². The number of carbonyl (C=O) groups excluding carboxylic acids is 1. The van der Waals surface area contributed by atoms with Crippen LogP contribution >= 0.6 is 0 Å². The Morgan fingerprint density at radius 1 is 1.38 bits per heavy atom. The van der Waals surface area contributed by atoms with Crippen molar-refractivity contribution in [1.29, 1.82) is 0 Å². The maximum absolute atomic E-state index is 11.8. The largest absolute Gasteiger partial charge is 0.324 e. The molecule has 1 amide bonds. The third-order valence-electron chi connectivity index (χ3n) is 3.33. The molecule has 2 aromatic heterocycles. The van der Waals surface area contributed by atoms with Crippen molar-refractivity contribution in [2.75, 3.05) is 11.9 Å². The van der Waals surface area contributed by atoms with E-state index in [1.54, 1.807) is 12.4 Å². The van der Waals surface area contributed by atoms with E-state index in [1.807, 2.05) is 29.8 Å². The first-order valence-corrected chi connectivity index (χ1v) is 7.09. The Kier molecular flexibility index (Phi) is 5.05. The van der Waals surface area contributed by atoms with E-state index < -0.39 is 0 Å². The van der Waals surface area contributed by atoms with E-state index in [0.29, 0.717) is 18.3 Å². The molecule has 0 saturated carbocycles. The van der Waals surface area contributed by atoms with E-state index >= 15 is 0 Å². The highest BCUT2D eigenvalue weighted by Gasteiger charge is 2.06. The molecular formula is C15H21N5O. The van der Waals surface area contributed by atoms with Gasteiger partial charge in [0, 0.05) is 18.4 Å². The van der Waals surface area contributed by atoms with E-state index in [9.17, 15) is 4.79 Å². The Morgan fingerprint density at radius 2 is 2.19 bits per heavy atom. The fraction of sp³-hybridized carbons (Fsp3) is 0.400. The second-order valence-electron chi connectivity index (χ2n) is 4.99. The third-order valence-corrected chi connectivity index (χ3v) is 3.33. The lowest BCUT2D eigenvalue weighted by Crippen LogP contribution is -2.33. The van der Waals surface area contributed by atoms with Gasteiger partial charge in [0.25, 0.3) is 0 Å². The minimum Gasteiger partial charge on any atom is -0.324 e. The zero-order chi connectivity index (χ0) is 15.2. The number of nitrogens with one attached hydrogen (secondary N) is 2. The Labute approximate surface area is 124 Å². The molecule has 2 aromatic rings. The van der Waals surface area contributed by atoms with Crippen LogP contribution in [0.3, 0.4) is 0 Å². The number of aromatic nitrogens is 3. The number of amides is 1. The highest BCUT2D eigenvalue weighted by atomic mass is 16.1. The van der Waals surface area contributed by atoms with Crippen molar-refractivity contribution < 1.29 is 4.79 Å². The van der Waals surface area contributed by atoms with Gasteiger partial charge in [-0.2, -0.15) is 0 Å². The number of imidazole rings is 1. The summed E-state index contributed by atoms with van der Waals surface area (Å²) in [6.07, 6.45) is 6.23. The van der Waals surface area contributed by atoms with Crippen LogP contribution in [0.15, 0.2) is 30.7 Å². The van der Waals surface area contributed by atoms with Crippen LogP contribution in [-0.4, -0.2) is 33.0 Å². The highest BCUT2D eigenvalue weighted by Crippen LogP contribution is 2.11. The molecule has 1 unspecified atom stereocenters. The lowest BCUT2D eigenvalue weighted by molar-refractivity contribution is -0.115. The molecule has 0 aliphatic rings. The van der Waals surface area contributed by atoms with Crippen molar-refractivity contribution in [2.45, 2.75) is 33.2 Å². The number of pyridine rings is 1. The van der Waals surface area contributed by atoms with E-state index in [2.05, 4.69) is 34.4 Å². The standard InChI is InChI=1S/C15H21N5O/c1-4-11(2)17-10-15(21)19-13-5-6-14(18-9-13)20-8-7-16-12(20)3/h5-9,11,17H,4,10H2,1-3H3,(H,19,21). The first-order chi connectivity index (χ1) is 10.1. The number of aryl methyl sites for hydroxylation is 1. The van der Waals surface area contributed by atoms with Gasteiger partial charge in [-0.25, -0.2) is 9.97 Å². The lowest BCUT2D eigenvalue weighted by atomic mass is 10.2. The van der Waals surface area contributed by atoms with E-state index in [0.717, 1.165) is 18.1 Å². The predicted octanol–water partition coefficient (Wildman–Crippen LogP) is 1.90. The fourth-order valence-corrected chi connectivity index (χ4v) is 1.84. The number of rotatable bonds is 6. The van der Waals surface area contributed by atoms with Gasteiger partial charge in [-0.1, -0.05) is 6.92 Å². The van der Waals surface area contributed by atoms with Crippen LogP contribution in [-0.2, 0) is 4.79 Å². The van der Waals surface area contributed by atoms with Crippen LogP contribution < -0.4 is 10.6 Å². The smallest absolute Gasteiger partial charge is 0.238 e. The summed E-state index contributed by atoms with van der Waals surface area (Å²) in [7, 11) is 0. The van der Waals surface area contributed by atoms with Crippen molar-refractivity contribution in [3.8, 4) is 5.82 Å². The molecule has 6 heteroatoms. The van der Waals surface area contributed by atoms with Crippen LogP contribution in [0.4, 0.5) is 5.69 Å². The first-order valence-electron chi connectivity index (χ1n) is 7.09.